The largest absolute Gasteiger partial charge is 0.443 e. The summed E-state index contributed by atoms with van der Waals surface area (Å²) >= 11 is 6.41. The summed E-state index contributed by atoms with van der Waals surface area (Å²) in [6.45, 7) is 0.446. The second-order valence-corrected chi connectivity index (χ2v) is 6.65. The summed E-state index contributed by atoms with van der Waals surface area (Å²) in [6, 6.07) is 7.10. The van der Waals surface area contributed by atoms with Crippen LogP contribution in [0.1, 0.15) is 10.6 Å². The van der Waals surface area contributed by atoms with E-state index in [0.717, 1.165) is 10.9 Å². The first-order valence-electron chi connectivity index (χ1n) is 7.36. The van der Waals surface area contributed by atoms with Gasteiger partial charge in [0, 0.05) is 17.1 Å². The first-order valence-corrected chi connectivity index (χ1v) is 8.62. The van der Waals surface area contributed by atoms with E-state index in [9.17, 15) is 13.2 Å². The lowest BCUT2D eigenvalue weighted by Crippen LogP contribution is -2.04. The third-order valence-corrected chi connectivity index (χ3v) is 4.75. The number of hydrogen-bond donors (Lipinski definition) is 0. The molecule has 0 saturated carbocycles. The molecule has 0 N–H and O–H groups in total. The SMILES string of the molecule is FC(F)(F)c1nc(-c2ccc(Cn3ncc4cnc(Cl)nc43)cc2)cs1. The summed E-state index contributed by atoms with van der Waals surface area (Å²) in [5.41, 5.74) is 2.46. The van der Waals surface area contributed by atoms with Gasteiger partial charge in [0.2, 0.25) is 5.28 Å². The minimum atomic E-state index is -4.42. The highest BCUT2D eigenvalue weighted by Crippen LogP contribution is 2.34. The molecule has 4 rings (SSSR count). The van der Waals surface area contributed by atoms with Gasteiger partial charge >= 0.3 is 6.18 Å². The molecule has 0 saturated heterocycles. The number of aromatic nitrogens is 5. The number of thiazole rings is 1. The molecular formula is C16H9ClF3N5S. The highest BCUT2D eigenvalue weighted by atomic mass is 35.5. The minimum absolute atomic E-state index is 0.138. The molecule has 4 aromatic rings. The van der Waals surface area contributed by atoms with E-state index in [1.54, 1.807) is 29.2 Å². The molecule has 5 nitrogen and oxygen atoms in total. The van der Waals surface area contributed by atoms with Gasteiger partial charge in [0.1, 0.15) is 0 Å². The Morgan fingerprint density at radius 2 is 1.85 bits per heavy atom. The van der Waals surface area contributed by atoms with Crippen LogP contribution in [0.3, 0.4) is 0 Å². The van der Waals surface area contributed by atoms with Gasteiger partial charge in [0.05, 0.1) is 23.8 Å². The van der Waals surface area contributed by atoms with Crippen molar-refractivity contribution in [3.8, 4) is 11.3 Å². The van der Waals surface area contributed by atoms with E-state index >= 15 is 0 Å². The molecular weight excluding hydrogens is 387 g/mol. The van der Waals surface area contributed by atoms with Crippen LogP contribution in [0.5, 0.6) is 0 Å². The van der Waals surface area contributed by atoms with Crippen LogP contribution in [0.25, 0.3) is 22.3 Å². The van der Waals surface area contributed by atoms with E-state index < -0.39 is 11.2 Å². The molecule has 0 radical (unpaired) electrons. The van der Waals surface area contributed by atoms with Crippen LogP contribution < -0.4 is 0 Å². The number of nitrogens with zero attached hydrogens (tertiary/aromatic N) is 5. The molecule has 0 aliphatic heterocycles. The lowest BCUT2D eigenvalue weighted by molar-refractivity contribution is -0.137. The fraction of sp³-hybridized carbons (Fsp3) is 0.125. The number of alkyl halides is 3. The molecule has 1 aromatic carbocycles. The second kappa shape index (κ2) is 6.33. The van der Waals surface area contributed by atoms with Gasteiger partial charge in [0.25, 0.3) is 0 Å². The number of fused-ring (bicyclic) bond motifs is 1. The summed E-state index contributed by atoms with van der Waals surface area (Å²) in [5.74, 6) is 0. The van der Waals surface area contributed by atoms with Crippen molar-refractivity contribution in [1.29, 1.82) is 0 Å². The fourth-order valence-electron chi connectivity index (χ4n) is 2.45. The monoisotopic (exact) mass is 395 g/mol. The maximum Gasteiger partial charge on any atom is 0.443 e. The molecule has 0 atom stereocenters. The Labute approximate surface area is 154 Å². The first-order chi connectivity index (χ1) is 12.4. The third kappa shape index (κ3) is 3.27. The molecule has 0 amide bonds. The van der Waals surface area contributed by atoms with Crippen molar-refractivity contribution in [3.63, 3.8) is 0 Å². The van der Waals surface area contributed by atoms with Gasteiger partial charge in [-0.05, 0) is 17.2 Å². The quantitative estimate of drug-likeness (QED) is 0.473. The van der Waals surface area contributed by atoms with Crippen molar-refractivity contribution < 1.29 is 13.2 Å². The number of benzene rings is 1. The molecule has 3 heterocycles. The Morgan fingerprint density at radius 1 is 1.08 bits per heavy atom. The van der Waals surface area contributed by atoms with E-state index in [2.05, 4.69) is 20.1 Å². The Balaban J connectivity index is 1.58. The molecule has 0 aliphatic rings. The normalized spacial score (nSPS) is 12.0. The van der Waals surface area contributed by atoms with Gasteiger partial charge in [-0.3, -0.25) is 0 Å². The van der Waals surface area contributed by atoms with Crippen LogP contribution in [0, 0.1) is 0 Å². The van der Waals surface area contributed by atoms with E-state index in [0.29, 0.717) is 34.8 Å². The van der Waals surface area contributed by atoms with E-state index in [1.807, 2.05) is 12.1 Å². The van der Waals surface area contributed by atoms with Gasteiger partial charge in [0.15, 0.2) is 10.7 Å². The van der Waals surface area contributed by atoms with Crippen LogP contribution in [0.15, 0.2) is 42.0 Å². The van der Waals surface area contributed by atoms with Gasteiger partial charge in [-0.15, -0.1) is 11.3 Å². The van der Waals surface area contributed by atoms with Gasteiger partial charge in [-0.2, -0.15) is 23.3 Å². The summed E-state index contributed by atoms with van der Waals surface area (Å²) < 4.78 is 39.7. The van der Waals surface area contributed by atoms with Crippen molar-refractivity contribution in [2.45, 2.75) is 12.7 Å². The third-order valence-electron chi connectivity index (χ3n) is 3.68. The first kappa shape index (κ1) is 16.9. The molecule has 0 spiro atoms. The molecule has 132 valence electrons. The summed E-state index contributed by atoms with van der Waals surface area (Å²) in [6.07, 6.45) is -1.18. The molecule has 0 unspecified atom stereocenters. The van der Waals surface area contributed by atoms with Crippen molar-refractivity contribution in [2.24, 2.45) is 0 Å². The van der Waals surface area contributed by atoms with Crippen LogP contribution in [0.2, 0.25) is 5.28 Å². The van der Waals surface area contributed by atoms with Crippen LogP contribution >= 0.6 is 22.9 Å². The van der Waals surface area contributed by atoms with E-state index in [1.165, 1.54) is 5.38 Å². The predicted molar refractivity (Wildman–Crippen MR) is 92.0 cm³/mol. The maximum absolute atomic E-state index is 12.7. The van der Waals surface area contributed by atoms with E-state index in [4.69, 9.17) is 11.6 Å². The van der Waals surface area contributed by atoms with Crippen LogP contribution in [0.4, 0.5) is 13.2 Å². The number of hydrogen-bond acceptors (Lipinski definition) is 5. The smallest absolute Gasteiger partial charge is 0.243 e. The molecule has 0 aliphatic carbocycles. The van der Waals surface area contributed by atoms with E-state index in [-0.39, 0.29) is 5.28 Å². The topological polar surface area (TPSA) is 56.5 Å². The highest BCUT2D eigenvalue weighted by molar-refractivity contribution is 7.10. The Morgan fingerprint density at radius 3 is 2.54 bits per heavy atom. The second-order valence-electron chi connectivity index (χ2n) is 5.45. The van der Waals surface area contributed by atoms with Crippen molar-refractivity contribution in [2.75, 3.05) is 0 Å². The number of halogens is 4. The van der Waals surface area contributed by atoms with Gasteiger partial charge in [-0.1, -0.05) is 24.3 Å². The highest BCUT2D eigenvalue weighted by Gasteiger charge is 2.34. The lowest BCUT2D eigenvalue weighted by atomic mass is 10.1. The molecule has 26 heavy (non-hydrogen) atoms. The average molecular weight is 396 g/mol. The maximum atomic E-state index is 12.7. The zero-order chi connectivity index (χ0) is 18.3. The zero-order valence-corrected chi connectivity index (χ0v) is 14.5. The lowest BCUT2D eigenvalue weighted by Gasteiger charge is -2.05. The standard InChI is InChI=1S/C16H9ClF3N5S/c17-15-21-5-11-6-22-25(13(11)24-15)7-9-1-3-10(4-2-9)12-8-26-14(23-12)16(18,19)20/h1-6,8H,7H2. The number of rotatable bonds is 3. The zero-order valence-electron chi connectivity index (χ0n) is 12.9. The molecule has 3 aromatic heterocycles. The summed E-state index contributed by atoms with van der Waals surface area (Å²) in [5, 5.41) is 5.72. The van der Waals surface area contributed by atoms with Gasteiger partial charge in [-0.25, -0.2) is 14.6 Å². The molecule has 0 fully saturated rings. The average Bonchev–Trinajstić information content (AvgIpc) is 3.23. The Bertz CT molecular complexity index is 1070. The fourth-order valence-corrected chi connectivity index (χ4v) is 3.28. The van der Waals surface area contributed by atoms with Crippen LogP contribution in [-0.4, -0.2) is 24.7 Å². The minimum Gasteiger partial charge on any atom is -0.243 e. The van der Waals surface area contributed by atoms with Crippen molar-refractivity contribution >= 4 is 34.0 Å². The predicted octanol–water partition coefficient (Wildman–Crippen LogP) is 4.67. The molecule has 0 bridgehead atoms. The Hall–Kier alpha value is -2.52. The summed E-state index contributed by atoms with van der Waals surface area (Å²) in [4.78, 5) is 11.7. The Kier molecular flexibility index (Phi) is 4.12. The molecule has 10 heteroatoms. The van der Waals surface area contributed by atoms with Crippen LogP contribution in [-0.2, 0) is 12.7 Å². The summed E-state index contributed by atoms with van der Waals surface area (Å²) in [7, 11) is 0. The van der Waals surface area contributed by atoms with Crippen molar-refractivity contribution in [1.82, 2.24) is 24.7 Å². The van der Waals surface area contributed by atoms with Crippen molar-refractivity contribution in [3.05, 3.63) is 57.9 Å². The van der Waals surface area contributed by atoms with Gasteiger partial charge < -0.3 is 0 Å².